The van der Waals surface area contributed by atoms with Crippen molar-refractivity contribution in [2.24, 2.45) is 5.92 Å². The van der Waals surface area contributed by atoms with Crippen molar-refractivity contribution in [2.75, 3.05) is 25.0 Å². The fourth-order valence-corrected chi connectivity index (χ4v) is 3.10. The van der Waals surface area contributed by atoms with Gasteiger partial charge in [0.25, 0.3) is 5.91 Å². The second-order valence-corrected chi connectivity index (χ2v) is 6.64. The molecule has 0 aliphatic carbocycles. The molecule has 1 saturated heterocycles. The van der Waals surface area contributed by atoms with Crippen molar-refractivity contribution in [1.29, 1.82) is 0 Å². The highest BCUT2D eigenvalue weighted by molar-refractivity contribution is 5.95. The molecule has 2 rings (SSSR count). The van der Waals surface area contributed by atoms with E-state index in [1.54, 1.807) is 24.3 Å². The van der Waals surface area contributed by atoms with E-state index in [4.69, 9.17) is 0 Å². The molecule has 0 spiro atoms. The van der Waals surface area contributed by atoms with Crippen molar-refractivity contribution in [2.45, 2.75) is 39.7 Å². The minimum Gasteiger partial charge on any atom is -0.348 e. The highest BCUT2D eigenvalue weighted by atomic mass is 16.2. The molecule has 1 heterocycles. The molecule has 23 heavy (non-hydrogen) atoms. The number of benzene rings is 1. The monoisotopic (exact) mass is 317 g/mol. The quantitative estimate of drug-likeness (QED) is 0.877. The zero-order valence-electron chi connectivity index (χ0n) is 14.3. The van der Waals surface area contributed by atoms with Gasteiger partial charge in [-0.15, -0.1) is 0 Å². The van der Waals surface area contributed by atoms with Gasteiger partial charge < -0.3 is 15.5 Å². The Morgan fingerprint density at radius 3 is 2.61 bits per heavy atom. The number of hydrogen-bond donors (Lipinski definition) is 2. The number of anilines is 1. The molecule has 0 saturated carbocycles. The lowest BCUT2D eigenvalue weighted by Gasteiger charge is -2.32. The maximum atomic E-state index is 12.3. The Kier molecular flexibility index (Phi) is 6.16. The second-order valence-electron chi connectivity index (χ2n) is 6.64. The molecular weight excluding hydrogens is 290 g/mol. The number of hydrogen-bond acceptors (Lipinski definition) is 3. The molecule has 126 valence electrons. The molecule has 0 radical (unpaired) electrons. The molecule has 0 aromatic heterocycles. The highest BCUT2D eigenvalue weighted by Crippen LogP contribution is 2.15. The third-order valence-electron chi connectivity index (χ3n) is 4.12. The van der Waals surface area contributed by atoms with Crippen molar-refractivity contribution in [1.82, 2.24) is 10.2 Å². The number of amides is 2. The number of likely N-dealkylation sites (tertiary alicyclic amines) is 1. The standard InChI is InChI=1S/C18H27N3O2/c1-13-5-4-10-21(11-13)12-14(2)19-18(23)16-6-8-17(9-7-16)20-15(3)22/h6-9,13-14H,4-5,10-12H2,1-3H3,(H,19,23)(H,20,22). The molecule has 1 fully saturated rings. The van der Waals surface area contributed by atoms with Gasteiger partial charge in [0.2, 0.25) is 5.91 Å². The van der Waals surface area contributed by atoms with E-state index < -0.39 is 0 Å². The summed E-state index contributed by atoms with van der Waals surface area (Å²) in [5, 5.41) is 5.74. The third kappa shape index (κ3) is 5.67. The summed E-state index contributed by atoms with van der Waals surface area (Å²) in [6, 6.07) is 7.07. The largest absolute Gasteiger partial charge is 0.348 e. The molecule has 5 heteroatoms. The molecule has 2 atom stereocenters. The zero-order chi connectivity index (χ0) is 16.8. The van der Waals surface area contributed by atoms with Crippen molar-refractivity contribution in [3.05, 3.63) is 29.8 Å². The van der Waals surface area contributed by atoms with Crippen LogP contribution in [0.5, 0.6) is 0 Å². The molecule has 2 amide bonds. The Bertz CT molecular complexity index is 542. The van der Waals surface area contributed by atoms with Crippen LogP contribution in [0.15, 0.2) is 24.3 Å². The maximum absolute atomic E-state index is 12.3. The topological polar surface area (TPSA) is 61.4 Å². The van der Waals surface area contributed by atoms with E-state index in [2.05, 4.69) is 22.5 Å². The molecule has 2 N–H and O–H groups in total. The van der Waals surface area contributed by atoms with Crippen LogP contribution in [-0.2, 0) is 4.79 Å². The van der Waals surface area contributed by atoms with Gasteiger partial charge in [0.15, 0.2) is 0 Å². The van der Waals surface area contributed by atoms with E-state index in [1.807, 2.05) is 6.92 Å². The number of rotatable bonds is 5. The Morgan fingerprint density at radius 2 is 2.00 bits per heavy atom. The Hall–Kier alpha value is -1.88. The van der Waals surface area contributed by atoms with Gasteiger partial charge in [-0.1, -0.05) is 6.92 Å². The van der Waals surface area contributed by atoms with E-state index in [1.165, 1.54) is 19.8 Å². The zero-order valence-corrected chi connectivity index (χ0v) is 14.3. The summed E-state index contributed by atoms with van der Waals surface area (Å²) in [6.45, 7) is 8.92. The lowest BCUT2D eigenvalue weighted by Crippen LogP contribution is -2.45. The van der Waals surface area contributed by atoms with Crippen LogP contribution < -0.4 is 10.6 Å². The van der Waals surface area contributed by atoms with Crippen LogP contribution in [-0.4, -0.2) is 42.4 Å². The first kappa shape index (κ1) is 17.5. The number of nitrogens with zero attached hydrogens (tertiary/aromatic N) is 1. The molecule has 2 unspecified atom stereocenters. The van der Waals surface area contributed by atoms with Crippen molar-refractivity contribution >= 4 is 17.5 Å². The Morgan fingerprint density at radius 1 is 1.30 bits per heavy atom. The van der Waals surface area contributed by atoms with Crippen molar-refractivity contribution in [3.63, 3.8) is 0 Å². The molecular formula is C18H27N3O2. The van der Waals surface area contributed by atoms with E-state index in [-0.39, 0.29) is 17.9 Å². The first-order chi connectivity index (χ1) is 10.9. The Balaban J connectivity index is 1.84. The van der Waals surface area contributed by atoms with E-state index >= 15 is 0 Å². The number of carbonyl (C=O) groups excluding carboxylic acids is 2. The fourth-order valence-electron chi connectivity index (χ4n) is 3.10. The van der Waals surface area contributed by atoms with Crippen LogP contribution in [0.1, 0.15) is 44.0 Å². The van der Waals surface area contributed by atoms with Gasteiger partial charge in [-0.3, -0.25) is 9.59 Å². The molecule has 5 nitrogen and oxygen atoms in total. The average Bonchev–Trinajstić information content (AvgIpc) is 2.47. The van der Waals surface area contributed by atoms with Crippen LogP contribution in [0.2, 0.25) is 0 Å². The minimum atomic E-state index is -0.119. The summed E-state index contributed by atoms with van der Waals surface area (Å²) in [5.74, 6) is 0.552. The predicted molar refractivity (Wildman–Crippen MR) is 92.5 cm³/mol. The van der Waals surface area contributed by atoms with E-state index in [9.17, 15) is 9.59 Å². The summed E-state index contributed by atoms with van der Waals surface area (Å²) >= 11 is 0. The predicted octanol–water partition coefficient (Wildman–Crippen LogP) is 2.50. The summed E-state index contributed by atoms with van der Waals surface area (Å²) in [4.78, 5) is 25.7. The van der Waals surface area contributed by atoms with Gasteiger partial charge >= 0.3 is 0 Å². The van der Waals surface area contributed by atoms with Crippen LogP contribution in [0, 0.1) is 5.92 Å². The van der Waals surface area contributed by atoms with Gasteiger partial charge in [0, 0.05) is 37.3 Å². The fraction of sp³-hybridized carbons (Fsp3) is 0.556. The molecule has 1 aromatic rings. The molecule has 1 aliphatic heterocycles. The van der Waals surface area contributed by atoms with Crippen molar-refractivity contribution < 1.29 is 9.59 Å². The maximum Gasteiger partial charge on any atom is 0.251 e. The van der Waals surface area contributed by atoms with E-state index in [0.29, 0.717) is 11.3 Å². The summed E-state index contributed by atoms with van der Waals surface area (Å²) in [5.41, 5.74) is 1.31. The number of piperidine rings is 1. The normalized spacial score (nSPS) is 19.9. The minimum absolute atomic E-state index is 0.0723. The SMILES string of the molecule is CC(=O)Nc1ccc(C(=O)NC(C)CN2CCCC(C)C2)cc1. The van der Waals surface area contributed by atoms with Crippen molar-refractivity contribution in [3.8, 4) is 0 Å². The van der Waals surface area contributed by atoms with Crippen LogP contribution in [0.25, 0.3) is 0 Å². The molecule has 1 aliphatic rings. The first-order valence-electron chi connectivity index (χ1n) is 8.35. The smallest absolute Gasteiger partial charge is 0.251 e. The lowest BCUT2D eigenvalue weighted by atomic mass is 10.00. The van der Waals surface area contributed by atoms with Crippen LogP contribution >= 0.6 is 0 Å². The third-order valence-corrected chi connectivity index (χ3v) is 4.12. The lowest BCUT2D eigenvalue weighted by molar-refractivity contribution is -0.114. The highest BCUT2D eigenvalue weighted by Gasteiger charge is 2.19. The van der Waals surface area contributed by atoms with Gasteiger partial charge in [0.1, 0.15) is 0 Å². The first-order valence-corrected chi connectivity index (χ1v) is 8.35. The summed E-state index contributed by atoms with van der Waals surface area (Å²) < 4.78 is 0. The van der Waals surface area contributed by atoms with Crippen LogP contribution in [0.4, 0.5) is 5.69 Å². The van der Waals surface area contributed by atoms with Gasteiger partial charge in [-0.05, 0) is 56.5 Å². The second kappa shape index (κ2) is 8.11. The number of nitrogens with one attached hydrogen (secondary N) is 2. The molecule has 0 bridgehead atoms. The average molecular weight is 317 g/mol. The number of carbonyl (C=O) groups is 2. The summed E-state index contributed by atoms with van der Waals surface area (Å²) in [7, 11) is 0. The van der Waals surface area contributed by atoms with Gasteiger partial charge in [0.05, 0.1) is 0 Å². The van der Waals surface area contributed by atoms with E-state index in [0.717, 1.165) is 25.6 Å². The summed E-state index contributed by atoms with van der Waals surface area (Å²) in [6.07, 6.45) is 2.55. The Labute approximate surface area is 138 Å². The van der Waals surface area contributed by atoms with Crippen LogP contribution in [0.3, 0.4) is 0 Å². The molecule has 1 aromatic carbocycles. The van der Waals surface area contributed by atoms with Gasteiger partial charge in [-0.2, -0.15) is 0 Å². The van der Waals surface area contributed by atoms with Gasteiger partial charge in [-0.25, -0.2) is 0 Å².